The lowest BCUT2D eigenvalue weighted by Gasteiger charge is -2.29. The van der Waals surface area contributed by atoms with E-state index in [1.807, 2.05) is 13.8 Å². The molecule has 0 radical (unpaired) electrons. The molecule has 1 heterocycles. The zero-order valence-electron chi connectivity index (χ0n) is 16.3. The van der Waals surface area contributed by atoms with Crippen molar-refractivity contribution in [1.29, 1.82) is 0 Å². The van der Waals surface area contributed by atoms with E-state index in [0.717, 1.165) is 32.4 Å². The molecule has 2 unspecified atom stereocenters. The molecule has 8 heteroatoms. The number of amides is 3. The van der Waals surface area contributed by atoms with Crippen LogP contribution in [0.5, 0.6) is 0 Å². The summed E-state index contributed by atoms with van der Waals surface area (Å²) < 4.78 is 0. The number of urea groups is 1. The second-order valence-electron chi connectivity index (χ2n) is 7.15. The molecule has 0 aliphatic carbocycles. The summed E-state index contributed by atoms with van der Waals surface area (Å²) in [7, 11) is 2.09. The van der Waals surface area contributed by atoms with Gasteiger partial charge in [0.1, 0.15) is 0 Å². The zero-order valence-corrected chi connectivity index (χ0v) is 17.1. The van der Waals surface area contributed by atoms with Crippen LogP contribution in [0.15, 0.2) is 24.3 Å². The van der Waals surface area contributed by atoms with E-state index in [0.29, 0.717) is 11.4 Å². The molecular formula is C19H32ClN5O2. The standard InChI is InChI=1S/C19H31N5O2.ClH/c1-4-13(2)17(20)18(25)21-14-5-7-15(8-6-14)22-19(26)23-16-9-11-24(3)12-10-16;/h5-8,13,16-17H,4,9-12,20H2,1-3H3,(H,21,25)(H2,22,23,26);1H. The lowest BCUT2D eigenvalue weighted by molar-refractivity contribution is -0.118. The van der Waals surface area contributed by atoms with Gasteiger partial charge in [-0.25, -0.2) is 4.79 Å². The Hall–Kier alpha value is -1.83. The van der Waals surface area contributed by atoms with Gasteiger partial charge in [0.2, 0.25) is 5.91 Å². The smallest absolute Gasteiger partial charge is 0.319 e. The maximum Gasteiger partial charge on any atom is 0.319 e. The highest BCUT2D eigenvalue weighted by Gasteiger charge is 2.20. The van der Waals surface area contributed by atoms with Crippen LogP contribution in [-0.2, 0) is 4.79 Å². The molecular weight excluding hydrogens is 366 g/mol. The third-order valence-corrected chi connectivity index (χ3v) is 5.02. The molecule has 27 heavy (non-hydrogen) atoms. The summed E-state index contributed by atoms with van der Waals surface area (Å²) in [6, 6.07) is 6.52. The van der Waals surface area contributed by atoms with E-state index in [4.69, 9.17) is 5.73 Å². The Morgan fingerprint density at radius 3 is 2.19 bits per heavy atom. The number of piperidine rings is 1. The van der Waals surface area contributed by atoms with Crippen molar-refractivity contribution in [2.75, 3.05) is 30.8 Å². The average molecular weight is 398 g/mol. The number of rotatable bonds is 6. The second kappa shape index (κ2) is 11.1. The molecule has 0 aromatic heterocycles. The summed E-state index contributed by atoms with van der Waals surface area (Å²) in [6.45, 7) is 5.96. The number of nitrogens with zero attached hydrogens (tertiary/aromatic N) is 1. The van der Waals surface area contributed by atoms with Gasteiger partial charge in [-0.2, -0.15) is 0 Å². The molecule has 2 rings (SSSR count). The highest BCUT2D eigenvalue weighted by Crippen LogP contribution is 2.15. The van der Waals surface area contributed by atoms with Gasteiger partial charge in [-0.05, 0) is 63.2 Å². The van der Waals surface area contributed by atoms with Gasteiger partial charge in [0, 0.05) is 17.4 Å². The first-order valence-electron chi connectivity index (χ1n) is 9.31. The van der Waals surface area contributed by atoms with Gasteiger partial charge < -0.3 is 26.6 Å². The van der Waals surface area contributed by atoms with Gasteiger partial charge in [-0.15, -0.1) is 12.4 Å². The summed E-state index contributed by atoms with van der Waals surface area (Å²) in [4.78, 5) is 26.5. The van der Waals surface area contributed by atoms with Crippen LogP contribution in [0.4, 0.5) is 16.2 Å². The van der Waals surface area contributed by atoms with Crippen LogP contribution < -0.4 is 21.7 Å². The van der Waals surface area contributed by atoms with Crippen LogP contribution in [0.25, 0.3) is 0 Å². The molecule has 1 saturated heterocycles. The quantitative estimate of drug-likeness (QED) is 0.592. The molecule has 0 bridgehead atoms. The van der Waals surface area contributed by atoms with Crippen LogP contribution in [0.3, 0.4) is 0 Å². The van der Waals surface area contributed by atoms with Gasteiger partial charge >= 0.3 is 6.03 Å². The van der Waals surface area contributed by atoms with E-state index < -0.39 is 6.04 Å². The number of nitrogens with one attached hydrogen (secondary N) is 3. The minimum atomic E-state index is -0.530. The molecule has 1 aliphatic heterocycles. The van der Waals surface area contributed by atoms with Crippen molar-refractivity contribution in [3.63, 3.8) is 0 Å². The van der Waals surface area contributed by atoms with Crippen LogP contribution in [0, 0.1) is 5.92 Å². The number of hydrogen-bond acceptors (Lipinski definition) is 4. The van der Waals surface area contributed by atoms with Crippen LogP contribution in [0.2, 0.25) is 0 Å². The first kappa shape index (κ1) is 23.2. The van der Waals surface area contributed by atoms with E-state index in [9.17, 15) is 9.59 Å². The Labute approximate surface area is 167 Å². The highest BCUT2D eigenvalue weighted by molar-refractivity contribution is 5.95. The van der Waals surface area contributed by atoms with Crippen LogP contribution in [-0.4, -0.2) is 49.1 Å². The van der Waals surface area contributed by atoms with Gasteiger partial charge in [0.25, 0.3) is 0 Å². The number of benzene rings is 1. The van der Waals surface area contributed by atoms with Gasteiger partial charge in [0.05, 0.1) is 6.04 Å². The summed E-state index contributed by atoms with van der Waals surface area (Å²) in [5.41, 5.74) is 7.27. The average Bonchev–Trinajstić information content (AvgIpc) is 2.63. The van der Waals surface area contributed by atoms with Crippen molar-refractivity contribution in [3.05, 3.63) is 24.3 Å². The fourth-order valence-corrected chi connectivity index (χ4v) is 2.88. The Morgan fingerprint density at radius 1 is 1.15 bits per heavy atom. The number of anilines is 2. The number of hydrogen-bond donors (Lipinski definition) is 4. The fraction of sp³-hybridized carbons (Fsp3) is 0.579. The van der Waals surface area contributed by atoms with E-state index in [2.05, 4.69) is 27.9 Å². The Morgan fingerprint density at radius 2 is 1.67 bits per heavy atom. The largest absolute Gasteiger partial charge is 0.335 e. The van der Waals surface area contributed by atoms with Crippen molar-refractivity contribution in [1.82, 2.24) is 10.2 Å². The molecule has 7 nitrogen and oxygen atoms in total. The maximum absolute atomic E-state index is 12.1. The number of nitrogens with two attached hydrogens (primary N) is 1. The summed E-state index contributed by atoms with van der Waals surface area (Å²) >= 11 is 0. The van der Waals surface area contributed by atoms with Crippen molar-refractivity contribution in [2.45, 2.75) is 45.2 Å². The van der Waals surface area contributed by atoms with Gasteiger partial charge in [0.15, 0.2) is 0 Å². The SMILES string of the molecule is CCC(C)C(N)C(=O)Nc1ccc(NC(=O)NC2CCN(C)CC2)cc1.Cl. The van der Waals surface area contributed by atoms with Crippen LogP contribution in [0.1, 0.15) is 33.1 Å². The van der Waals surface area contributed by atoms with Gasteiger partial charge in [-0.1, -0.05) is 20.3 Å². The molecule has 0 spiro atoms. The van der Waals surface area contributed by atoms with Crippen molar-refractivity contribution in [3.8, 4) is 0 Å². The number of carbonyl (C=O) groups excluding carboxylic acids is 2. The summed E-state index contributed by atoms with van der Waals surface area (Å²) in [6.07, 6.45) is 2.78. The van der Waals surface area contributed by atoms with E-state index in [-0.39, 0.29) is 36.3 Å². The van der Waals surface area contributed by atoms with Gasteiger partial charge in [-0.3, -0.25) is 4.79 Å². The molecule has 152 valence electrons. The lowest BCUT2D eigenvalue weighted by atomic mass is 9.99. The fourth-order valence-electron chi connectivity index (χ4n) is 2.88. The normalized spacial score (nSPS) is 17.3. The minimum Gasteiger partial charge on any atom is -0.335 e. The van der Waals surface area contributed by atoms with Crippen molar-refractivity contribution >= 4 is 35.7 Å². The topological polar surface area (TPSA) is 99.5 Å². The summed E-state index contributed by atoms with van der Waals surface area (Å²) in [5, 5.41) is 8.65. The lowest BCUT2D eigenvalue weighted by Crippen LogP contribution is -2.44. The van der Waals surface area contributed by atoms with Crippen LogP contribution >= 0.6 is 12.4 Å². The predicted molar refractivity (Wildman–Crippen MR) is 112 cm³/mol. The Bertz CT molecular complexity index is 603. The highest BCUT2D eigenvalue weighted by atomic mass is 35.5. The number of halogens is 1. The molecule has 1 aliphatic rings. The summed E-state index contributed by atoms with van der Waals surface area (Å²) in [5.74, 6) is -0.0701. The Balaban J connectivity index is 0.00000364. The van der Waals surface area contributed by atoms with Crippen molar-refractivity contribution in [2.24, 2.45) is 11.7 Å². The second-order valence-corrected chi connectivity index (χ2v) is 7.15. The number of carbonyl (C=O) groups is 2. The first-order chi connectivity index (χ1) is 12.4. The third-order valence-electron chi connectivity index (χ3n) is 5.02. The molecule has 2 atom stereocenters. The van der Waals surface area contributed by atoms with E-state index >= 15 is 0 Å². The Kier molecular flexibility index (Phi) is 9.55. The van der Waals surface area contributed by atoms with Crippen molar-refractivity contribution < 1.29 is 9.59 Å². The maximum atomic E-state index is 12.1. The molecule has 1 aromatic carbocycles. The zero-order chi connectivity index (χ0) is 19.1. The molecule has 0 saturated carbocycles. The van der Waals surface area contributed by atoms with E-state index in [1.54, 1.807) is 24.3 Å². The first-order valence-corrected chi connectivity index (χ1v) is 9.31. The molecule has 1 aromatic rings. The molecule has 1 fully saturated rings. The predicted octanol–water partition coefficient (Wildman–Crippen LogP) is 2.64. The van der Waals surface area contributed by atoms with E-state index in [1.165, 1.54) is 0 Å². The molecule has 3 amide bonds. The number of likely N-dealkylation sites (tertiary alicyclic amines) is 1. The third kappa shape index (κ3) is 7.36. The molecule has 5 N–H and O–H groups in total. The monoisotopic (exact) mass is 397 g/mol. The minimum absolute atomic E-state index is 0.